The van der Waals surface area contributed by atoms with E-state index < -0.39 is 5.54 Å². The highest BCUT2D eigenvalue weighted by Gasteiger charge is 2.40. The van der Waals surface area contributed by atoms with Crippen LogP contribution >= 0.6 is 0 Å². The SMILES string of the molecule is CC(=O)NC1(C(=O)NCC(N)C2CC2)CCCCC1. The summed E-state index contributed by atoms with van der Waals surface area (Å²) in [5.41, 5.74) is 5.30. The molecule has 0 bridgehead atoms. The van der Waals surface area contributed by atoms with Crippen LogP contribution in [-0.4, -0.2) is 29.9 Å². The predicted molar refractivity (Wildman–Crippen MR) is 73.3 cm³/mol. The standard InChI is InChI=1S/C14H25N3O2/c1-10(18)17-14(7-3-2-4-8-14)13(19)16-9-12(15)11-5-6-11/h11-12H,2-9,15H2,1H3,(H,16,19)(H,17,18). The summed E-state index contributed by atoms with van der Waals surface area (Å²) in [6.07, 6.45) is 6.93. The lowest BCUT2D eigenvalue weighted by molar-refractivity contribution is -0.134. The molecule has 2 aliphatic carbocycles. The van der Waals surface area contributed by atoms with Gasteiger partial charge >= 0.3 is 0 Å². The second-order valence-corrected chi connectivity index (χ2v) is 6.04. The molecule has 2 fully saturated rings. The van der Waals surface area contributed by atoms with Gasteiger partial charge in [-0.15, -0.1) is 0 Å². The van der Waals surface area contributed by atoms with E-state index in [2.05, 4.69) is 10.6 Å². The molecule has 0 aromatic rings. The number of hydrogen-bond acceptors (Lipinski definition) is 3. The van der Waals surface area contributed by atoms with Crippen molar-refractivity contribution < 1.29 is 9.59 Å². The van der Waals surface area contributed by atoms with Gasteiger partial charge in [0.15, 0.2) is 0 Å². The largest absolute Gasteiger partial charge is 0.352 e. The summed E-state index contributed by atoms with van der Waals surface area (Å²) in [5, 5.41) is 5.81. The van der Waals surface area contributed by atoms with Crippen LogP contribution in [0, 0.1) is 5.92 Å². The lowest BCUT2D eigenvalue weighted by Crippen LogP contribution is -2.60. The quantitative estimate of drug-likeness (QED) is 0.685. The first-order valence-electron chi connectivity index (χ1n) is 7.36. The van der Waals surface area contributed by atoms with E-state index in [0.29, 0.717) is 12.5 Å². The molecule has 5 nitrogen and oxygen atoms in total. The minimum absolute atomic E-state index is 0.0569. The van der Waals surface area contributed by atoms with E-state index in [1.807, 2.05) is 0 Å². The Morgan fingerprint density at radius 3 is 2.42 bits per heavy atom. The van der Waals surface area contributed by atoms with Crippen LogP contribution in [0.1, 0.15) is 51.9 Å². The van der Waals surface area contributed by atoms with Crippen molar-refractivity contribution in [1.29, 1.82) is 0 Å². The number of rotatable bonds is 5. The van der Waals surface area contributed by atoms with E-state index in [4.69, 9.17) is 5.73 Å². The maximum absolute atomic E-state index is 12.4. The monoisotopic (exact) mass is 267 g/mol. The first-order valence-corrected chi connectivity index (χ1v) is 7.36. The van der Waals surface area contributed by atoms with Crippen molar-refractivity contribution in [2.45, 2.75) is 63.5 Å². The van der Waals surface area contributed by atoms with Crippen LogP contribution in [0.15, 0.2) is 0 Å². The normalized spacial score (nSPS) is 23.5. The number of carbonyl (C=O) groups is 2. The van der Waals surface area contributed by atoms with Gasteiger partial charge in [-0.3, -0.25) is 9.59 Å². The molecule has 0 aliphatic heterocycles. The molecule has 108 valence electrons. The number of amides is 2. The third-order valence-electron chi connectivity index (χ3n) is 4.28. The van der Waals surface area contributed by atoms with E-state index in [1.165, 1.54) is 19.8 Å². The Morgan fingerprint density at radius 2 is 1.89 bits per heavy atom. The molecule has 1 unspecified atom stereocenters. The Morgan fingerprint density at radius 1 is 1.26 bits per heavy atom. The summed E-state index contributed by atoms with van der Waals surface area (Å²) in [7, 11) is 0. The van der Waals surface area contributed by atoms with Gasteiger partial charge in [0.25, 0.3) is 0 Å². The Balaban J connectivity index is 1.92. The number of hydrogen-bond donors (Lipinski definition) is 3. The highest BCUT2D eigenvalue weighted by atomic mass is 16.2. The average Bonchev–Trinajstić information content (AvgIpc) is 3.20. The molecule has 1 atom stereocenters. The molecule has 0 saturated heterocycles. The van der Waals surface area contributed by atoms with Crippen LogP contribution in [0.5, 0.6) is 0 Å². The average molecular weight is 267 g/mol. The van der Waals surface area contributed by atoms with Crippen molar-refractivity contribution in [1.82, 2.24) is 10.6 Å². The molecule has 19 heavy (non-hydrogen) atoms. The summed E-state index contributed by atoms with van der Waals surface area (Å²) in [6, 6.07) is 0.0573. The van der Waals surface area contributed by atoms with E-state index in [9.17, 15) is 9.59 Å². The molecule has 0 aromatic carbocycles. The fourth-order valence-corrected chi connectivity index (χ4v) is 2.97. The first kappa shape index (κ1) is 14.3. The maximum atomic E-state index is 12.4. The van der Waals surface area contributed by atoms with Crippen molar-refractivity contribution in [2.24, 2.45) is 11.7 Å². The Kier molecular flexibility index (Phi) is 4.45. The van der Waals surface area contributed by atoms with Gasteiger partial charge in [-0.2, -0.15) is 0 Å². The molecule has 5 heteroatoms. The second-order valence-electron chi connectivity index (χ2n) is 6.04. The molecule has 4 N–H and O–H groups in total. The van der Waals surface area contributed by atoms with Gasteiger partial charge in [0.2, 0.25) is 11.8 Å². The number of nitrogens with one attached hydrogen (secondary N) is 2. The minimum atomic E-state index is -0.701. The number of nitrogens with two attached hydrogens (primary N) is 1. The van der Waals surface area contributed by atoms with Crippen molar-refractivity contribution in [3.63, 3.8) is 0 Å². The predicted octanol–water partition coefficient (Wildman–Crippen LogP) is 0.679. The smallest absolute Gasteiger partial charge is 0.245 e. The van der Waals surface area contributed by atoms with Gasteiger partial charge in [-0.05, 0) is 31.6 Å². The van der Waals surface area contributed by atoms with Crippen molar-refractivity contribution in [3.8, 4) is 0 Å². The fraction of sp³-hybridized carbons (Fsp3) is 0.857. The molecule has 0 aromatic heterocycles. The van der Waals surface area contributed by atoms with E-state index in [-0.39, 0.29) is 17.9 Å². The summed E-state index contributed by atoms with van der Waals surface area (Å²) in [5.74, 6) is 0.380. The van der Waals surface area contributed by atoms with Gasteiger partial charge < -0.3 is 16.4 Å². The first-order chi connectivity index (χ1) is 9.03. The Hall–Kier alpha value is -1.10. The van der Waals surface area contributed by atoms with E-state index >= 15 is 0 Å². The molecule has 0 heterocycles. The van der Waals surface area contributed by atoms with Crippen LogP contribution in [0.2, 0.25) is 0 Å². The molecule has 2 aliphatic rings. The molecule has 0 spiro atoms. The van der Waals surface area contributed by atoms with Crippen molar-refractivity contribution >= 4 is 11.8 Å². The van der Waals surface area contributed by atoms with Gasteiger partial charge in [0, 0.05) is 19.5 Å². The molecular weight excluding hydrogens is 242 g/mol. The minimum Gasteiger partial charge on any atom is -0.352 e. The Labute approximate surface area is 114 Å². The van der Waals surface area contributed by atoms with Crippen molar-refractivity contribution in [3.05, 3.63) is 0 Å². The second kappa shape index (κ2) is 5.90. The summed E-state index contributed by atoms with van der Waals surface area (Å²) < 4.78 is 0. The maximum Gasteiger partial charge on any atom is 0.245 e. The van der Waals surface area contributed by atoms with Gasteiger partial charge in [-0.25, -0.2) is 0 Å². The zero-order valence-electron chi connectivity index (χ0n) is 11.7. The molecule has 2 amide bonds. The zero-order valence-corrected chi connectivity index (χ0v) is 11.7. The Bertz CT molecular complexity index is 347. The molecular formula is C14H25N3O2. The zero-order chi connectivity index (χ0) is 13.9. The highest BCUT2D eigenvalue weighted by Crippen LogP contribution is 2.32. The fourth-order valence-electron chi connectivity index (χ4n) is 2.97. The van der Waals surface area contributed by atoms with Crippen LogP contribution in [0.25, 0.3) is 0 Å². The van der Waals surface area contributed by atoms with E-state index in [1.54, 1.807) is 0 Å². The van der Waals surface area contributed by atoms with Gasteiger partial charge in [0.1, 0.15) is 5.54 Å². The lowest BCUT2D eigenvalue weighted by Gasteiger charge is -2.36. The van der Waals surface area contributed by atoms with Crippen LogP contribution in [0.4, 0.5) is 0 Å². The molecule has 0 radical (unpaired) electrons. The third kappa shape index (κ3) is 3.69. The summed E-state index contributed by atoms with van der Waals surface area (Å²) >= 11 is 0. The van der Waals surface area contributed by atoms with E-state index in [0.717, 1.165) is 32.1 Å². The van der Waals surface area contributed by atoms with Crippen LogP contribution in [0.3, 0.4) is 0 Å². The number of carbonyl (C=O) groups excluding carboxylic acids is 2. The van der Waals surface area contributed by atoms with Gasteiger partial charge in [0.05, 0.1) is 0 Å². The topological polar surface area (TPSA) is 84.2 Å². The lowest BCUT2D eigenvalue weighted by atomic mass is 9.80. The van der Waals surface area contributed by atoms with Crippen LogP contribution < -0.4 is 16.4 Å². The molecule has 2 saturated carbocycles. The van der Waals surface area contributed by atoms with Gasteiger partial charge in [-0.1, -0.05) is 19.3 Å². The summed E-state index contributed by atoms with van der Waals surface area (Å²) in [6.45, 7) is 1.99. The molecule has 2 rings (SSSR count). The third-order valence-corrected chi connectivity index (χ3v) is 4.28. The summed E-state index contributed by atoms with van der Waals surface area (Å²) in [4.78, 5) is 23.8. The van der Waals surface area contributed by atoms with Crippen molar-refractivity contribution in [2.75, 3.05) is 6.54 Å². The highest BCUT2D eigenvalue weighted by molar-refractivity contribution is 5.91. The van der Waals surface area contributed by atoms with Crippen LogP contribution in [-0.2, 0) is 9.59 Å².